The van der Waals surface area contributed by atoms with Crippen molar-refractivity contribution in [1.29, 1.82) is 0 Å². The van der Waals surface area contributed by atoms with E-state index in [9.17, 15) is 4.79 Å². The summed E-state index contributed by atoms with van der Waals surface area (Å²) < 4.78 is 0. The molecule has 2 aliphatic rings. The lowest BCUT2D eigenvalue weighted by atomic mass is 9.84. The minimum Gasteiger partial charge on any atom is -0.398 e. The van der Waals surface area contributed by atoms with Crippen LogP contribution in [0, 0.1) is 17.8 Å². The molecule has 3 rings (SSSR count). The van der Waals surface area contributed by atoms with Gasteiger partial charge >= 0.3 is 0 Å². The van der Waals surface area contributed by atoms with Gasteiger partial charge in [0.1, 0.15) is 0 Å². The van der Waals surface area contributed by atoms with E-state index in [1.54, 1.807) is 6.92 Å². The summed E-state index contributed by atoms with van der Waals surface area (Å²) in [6.07, 6.45) is 5.64. The number of nitrogens with two attached hydrogens (primary N) is 1. The van der Waals surface area contributed by atoms with Crippen molar-refractivity contribution in [2.24, 2.45) is 17.8 Å². The van der Waals surface area contributed by atoms with Crippen LogP contribution in [0.5, 0.6) is 0 Å². The van der Waals surface area contributed by atoms with Crippen molar-refractivity contribution in [2.45, 2.75) is 45.6 Å². The number of nitrogen functional groups attached to an aromatic ring is 1. The molecule has 0 aliphatic heterocycles. The van der Waals surface area contributed by atoms with Crippen LogP contribution in [0.3, 0.4) is 0 Å². The van der Waals surface area contributed by atoms with Crippen LogP contribution < -0.4 is 11.1 Å². The van der Waals surface area contributed by atoms with Crippen molar-refractivity contribution >= 4 is 17.2 Å². The Hall–Kier alpha value is -1.51. The monoisotopic (exact) mass is 272 g/mol. The third-order valence-electron chi connectivity index (χ3n) is 5.26. The van der Waals surface area contributed by atoms with Gasteiger partial charge in [-0.2, -0.15) is 0 Å². The Balaban J connectivity index is 1.71. The number of benzene rings is 1. The van der Waals surface area contributed by atoms with Crippen LogP contribution in [0.4, 0.5) is 11.4 Å². The molecule has 0 amide bonds. The van der Waals surface area contributed by atoms with Crippen molar-refractivity contribution in [3.05, 3.63) is 23.8 Å². The van der Waals surface area contributed by atoms with Crippen LogP contribution >= 0.6 is 0 Å². The zero-order valence-corrected chi connectivity index (χ0v) is 12.4. The van der Waals surface area contributed by atoms with Crippen LogP contribution in [0.2, 0.25) is 0 Å². The van der Waals surface area contributed by atoms with Crippen molar-refractivity contribution in [1.82, 2.24) is 0 Å². The Morgan fingerprint density at radius 1 is 1.35 bits per heavy atom. The van der Waals surface area contributed by atoms with Crippen molar-refractivity contribution in [3.63, 3.8) is 0 Å². The van der Waals surface area contributed by atoms with E-state index in [0.29, 0.717) is 17.3 Å². The molecule has 0 spiro atoms. The smallest absolute Gasteiger partial charge is 0.161 e. The average molecular weight is 272 g/mol. The van der Waals surface area contributed by atoms with Gasteiger partial charge in [0.25, 0.3) is 0 Å². The summed E-state index contributed by atoms with van der Waals surface area (Å²) >= 11 is 0. The Kier molecular flexibility index (Phi) is 3.45. The molecule has 2 aliphatic carbocycles. The Bertz CT molecular complexity index is 526. The van der Waals surface area contributed by atoms with E-state index in [1.807, 2.05) is 18.2 Å². The average Bonchev–Trinajstić information content (AvgIpc) is 3.03. The second kappa shape index (κ2) is 5.12. The molecule has 3 heteroatoms. The number of ketones is 1. The fourth-order valence-corrected chi connectivity index (χ4v) is 4.23. The molecule has 0 heterocycles. The standard InChI is InChI=1S/C17H24N2O/c1-10(15-8-12-3-4-13(15)7-12)19-14-5-6-17(18)16(9-14)11(2)20/h5-6,9-10,12-13,15,19H,3-4,7-8,18H2,1-2H3. The highest BCUT2D eigenvalue weighted by Gasteiger charge is 2.41. The number of carbonyl (C=O) groups excluding carboxylic acids is 1. The van der Waals surface area contributed by atoms with E-state index in [1.165, 1.54) is 25.7 Å². The van der Waals surface area contributed by atoms with E-state index in [2.05, 4.69) is 12.2 Å². The molecule has 0 radical (unpaired) electrons. The summed E-state index contributed by atoms with van der Waals surface area (Å²) in [6.45, 7) is 3.84. The maximum absolute atomic E-state index is 11.6. The van der Waals surface area contributed by atoms with Gasteiger partial charge in [0.15, 0.2) is 5.78 Å². The van der Waals surface area contributed by atoms with Gasteiger partial charge in [-0.05, 0) is 69.1 Å². The second-order valence-corrected chi connectivity index (χ2v) is 6.63. The summed E-state index contributed by atoms with van der Waals surface area (Å²) in [5.74, 6) is 2.68. The minimum atomic E-state index is 0.0266. The van der Waals surface area contributed by atoms with E-state index in [4.69, 9.17) is 5.73 Å². The Morgan fingerprint density at radius 3 is 2.75 bits per heavy atom. The topological polar surface area (TPSA) is 55.1 Å². The highest BCUT2D eigenvalue weighted by Crippen LogP contribution is 2.49. The second-order valence-electron chi connectivity index (χ2n) is 6.63. The number of carbonyl (C=O) groups is 1. The Labute approximate surface area is 120 Å². The molecule has 1 aromatic rings. The molecule has 1 aromatic carbocycles. The van der Waals surface area contributed by atoms with Gasteiger partial charge in [0, 0.05) is 23.0 Å². The number of rotatable bonds is 4. The quantitative estimate of drug-likeness (QED) is 0.649. The number of hydrogen-bond acceptors (Lipinski definition) is 3. The fourth-order valence-electron chi connectivity index (χ4n) is 4.23. The van der Waals surface area contributed by atoms with Crippen LogP contribution in [-0.2, 0) is 0 Å². The van der Waals surface area contributed by atoms with Gasteiger partial charge in [-0.15, -0.1) is 0 Å². The minimum absolute atomic E-state index is 0.0266. The highest BCUT2D eigenvalue weighted by molar-refractivity contribution is 6.00. The lowest BCUT2D eigenvalue weighted by molar-refractivity contribution is 0.101. The predicted molar refractivity (Wildman–Crippen MR) is 82.9 cm³/mol. The summed E-state index contributed by atoms with van der Waals surface area (Å²) in [4.78, 5) is 11.6. The van der Waals surface area contributed by atoms with E-state index < -0.39 is 0 Å². The number of anilines is 2. The van der Waals surface area contributed by atoms with Gasteiger partial charge < -0.3 is 11.1 Å². The molecule has 20 heavy (non-hydrogen) atoms. The van der Waals surface area contributed by atoms with Gasteiger partial charge in [-0.1, -0.05) is 6.42 Å². The summed E-state index contributed by atoms with van der Waals surface area (Å²) in [5, 5.41) is 3.58. The summed E-state index contributed by atoms with van der Waals surface area (Å²) in [5.41, 5.74) is 8.04. The van der Waals surface area contributed by atoms with E-state index in [-0.39, 0.29) is 5.78 Å². The molecular weight excluding hydrogens is 248 g/mol. The van der Waals surface area contributed by atoms with Crippen LogP contribution in [0.15, 0.2) is 18.2 Å². The predicted octanol–water partition coefficient (Wildman–Crippen LogP) is 3.71. The first kappa shape index (κ1) is 13.5. The zero-order valence-electron chi connectivity index (χ0n) is 12.4. The fraction of sp³-hybridized carbons (Fsp3) is 0.588. The van der Waals surface area contributed by atoms with Gasteiger partial charge in [-0.25, -0.2) is 0 Å². The van der Waals surface area contributed by atoms with E-state index in [0.717, 1.165) is 23.4 Å². The molecule has 2 bridgehead atoms. The van der Waals surface area contributed by atoms with Gasteiger partial charge in [-0.3, -0.25) is 4.79 Å². The van der Waals surface area contributed by atoms with Crippen LogP contribution in [-0.4, -0.2) is 11.8 Å². The Morgan fingerprint density at radius 2 is 2.15 bits per heavy atom. The van der Waals surface area contributed by atoms with Crippen LogP contribution in [0.25, 0.3) is 0 Å². The first-order valence-corrected chi connectivity index (χ1v) is 7.71. The van der Waals surface area contributed by atoms with Crippen LogP contribution in [0.1, 0.15) is 49.9 Å². The normalized spacial score (nSPS) is 29.4. The molecule has 4 unspecified atom stereocenters. The maximum atomic E-state index is 11.6. The highest BCUT2D eigenvalue weighted by atomic mass is 16.1. The SMILES string of the molecule is CC(=O)c1cc(NC(C)C2CC3CCC2C3)ccc1N. The molecule has 108 valence electrons. The van der Waals surface area contributed by atoms with Gasteiger partial charge in [0.2, 0.25) is 0 Å². The van der Waals surface area contributed by atoms with Crippen molar-refractivity contribution in [2.75, 3.05) is 11.1 Å². The number of fused-ring (bicyclic) bond motifs is 2. The molecule has 4 atom stereocenters. The maximum Gasteiger partial charge on any atom is 0.161 e. The molecule has 3 N–H and O–H groups in total. The molecule has 0 saturated heterocycles. The number of Topliss-reactive ketones (excluding diaryl/α,β-unsaturated/α-hetero) is 1. The zero-order chi connectivity index (χ0) is 14.3. The molecule has 2 saturated carbocycles. The van der Waals surface area contributed by atoms with E-state index >= 15 is 0 Å². The molecule has 0 aromatic heterocycles. The largest absolute Gasteiger partial charge is 0.398 e. The first-order valence-electron chi connectivity index (χ1n) is 7.71. The molecular formula is C17H24N2O. The number of nitrogens with one attached hydrogen (secondary N) is 1. The third-order valence-corrected chi connectivity index (χ3v) is 5.26. The third kappa shape index (κ3) is 2.41. The van der Waals surface area contributed by atoms with Gasteiger partial charge in [0.05, 0.1) is 0 Å². The summed E-state index contributed by atoms with van der Waals surface area (Å²) in [6, 6.07) is 6.16. The molecule has 3 nitrogen and oxygen atoms in total. The van der Waals surface area contributed by atoms with Crippen molar-refractivity contribution < 1.29 is 4.79 Å². The number of hydrogen-bond donors (Lipinski definition) is 2. The summed E-state index contributed by atoms with van der Waals surface area (Å²) in [7, 11) is 0. The van der Waals surface area contributed by atoms with Crippen molar-refractivity contribution in [3.8, 4) is 0 Å². The lowest BCUT2D eigenvalue weighted by Gasteiger charge is -2.29. The lowest BCUT2D eigenvalue weighted by Crippen LogP contribution is -2.30. The molecule has 2 fully saturated rings. The first-order chi connectivity index (χ1) is 9.54.